The predicted octanol–water partition coefficient (Wildman–Crippen LogP) is 3.64. The zero-order valence-electron chi connectivity index (χ0n) is 13.2. The van der Waals surface area contributed by atoms with E-state index < -0.39 is 0 Å². The quantitative estimate of drug-likeness (QED) is 0.387. The summed E-state index contributed by atoms with van der Waals surface area (Å²) in [5, 5.41) is 12.7. The van der Waals surface area contributed by atoms with E-state index in [2.05, 4.69) is 10.3 Å². The van der Waals surface area contributed by atoms with Crippen molar-refractivity contribution in [2.24, 2.45) is 10.7 Å². The van der Waals surface area contributed by atoms with Crippen molar-refractivity contribution in [3.63, 3.8) is 0 Å². The number of aliphatic imine (C=N–C) groups is 1. The number of aromatic hydroxyl groups is 1. The van der Waals surface area contributed by atoms with Crippen LogP contribution in [-0.2, 0) is 6.54 Å². The number of nitrogens with two attached hydrogens (primary N) is 1. The van der Waals surface area contributed by atoms with Gasteiger partial charge in [-0.2, -0.15) is 0 Å². The van der Waals surface area contributed by atoms with Crippen molar-refractivity contribution in [3.05, 3.63) is 53.6 Å². The fourth-order valence-electron chi connectivity index (χ4n) is 1.93. The number of phenols is 1. The van der Waals surface area contributed by atoms with Crippen LogP contribution in [0.3, 0.4) is 0 Å². The Morgan fingerprint density at radius 1 is 1.22 bits per heavy atom. The second-order valence-electron chi connectivity index (χ2n) is 4.93. The lowest BCUT2D eigenvalue weighted by molar-refractivity contribution is 0.318. The van der Waals surface area contributed by atoms with Gasteiger partial charge in [-0.3, -0.25) is 0 Å². The summed E-state index contributed by atoms with van der Waals surface area (Å²) < 4.78 is 5.35. The standard InChI is InChI=1S/C17H21N3O2.HI/c1-3-22-16-10-13(6-9-15(16)21)11-19-17(18)20-14-7-4-12(2)5-8-14;/h4-10,21H,3,11H2,1-2H3,(H3,18,19,20);1H. The Balaban J connectivity index is 0.00000264. The highest BCUT2D eigenvalue weighted by Gasteiger charge is 2.03. The number of benzene rings is 2. The van der Waals surface area contributed by atoms with Gasteiger partial charge in [0.05, 0.1) is 13.2 Å². The molecule has 4 N–H and O–H groups in total. The summed E-state index contributed by atoms with van der Waals surface area (Å²) in [6.07, 6.45) is 0. The molecule has 2 aromatic rings. The Bertz CT molecular complexity index is 657. The van der Waals surface area contributed by atoms with Gasteiger partial charge < -0.3 is 20.9 Å². The van der Waals surface area contributed by atoms with E-state index in [1.807, 2.05) is 38.1 Å². The minimum Gasteiger partial charge on any atom is -0.504 e. The van der Waals surface area contributed by atoms with Crippen LogP contribution < -0.4 is 15.8 Å². The highest BCUT2D eigenvalue weighted by atomic mass is 127. The number of guanidine groups is 1. The molecule has 0 saturated heterocycles. The minimum absolute atomic E-state index is 0. The number of nitrogens with one attached hydrogen (secondary N) is 1. The number of hydrogen-bond donors (Lipinski definition) is 3. The summed E-state index contributed by atoms with van der Waals surface area (Å²) >= 11 is 0. The summed E-state index contributed by atoms with van der Waals surface area (Å²) in [5.41, 5.74) is 8.87. The van der Waals surface area contributed by atoms with E-state index in [0.29, 0.717) is 24.9 Å². The van der Waals surface area contributed by atoms with Crippen LogP contribution in [-0.4, -0.2) is 17.7 Å². The van der Waals surface area contributed by atoms with Crippen LogP contribution in [0.2, 0.25) is 0 Å². The van der Waals surface area contributed by atoms with E-state index in [1.54, 1.807) is 18.2 Å². The van der Waals surface area contributed by atoms with E-state index in [4.69, 9.17) is 10.5 Å². The van der Waals surface area contributed by atoms with Crippen LogP contribution in [0.15, 0.2) is 47.5 Å². The normalized spacial score (nSPS) is 10.8. The number of phenolic OH excluding ortho intramolecular Hbond substituents is 1. The third-order valence-electron chi connectivity index (χ3n) is 3.08. The number of ether oxygens (including phenoxy) is 1. The van der Waals surface area contributed by atoms with E-state index in [-0.39, 0.29) is 29.7 Å². The third-order valence-corrected chi connectivity index (χ3v) is 3.08. The molecule has 0 aliphatic rings. The first kappa shape index (κ1) is 19.1. The molecule has 0 amide bonds. The van der Waals surface area contributed by atoms with Crippen molar-refractivity contribution in [3.8, 4) is 11.5 Å². The molecular formula is C17H22IN3O2. The molecule has 124 valence electrons. The zero-order valence-corrected chi connectivity index (χ0v) is 15.6. The average Bonchev–Trinajstić information content (AvgIpc) is 2.50. The van der Waals surface area contributed by atoms with Gasteiger partial charge in [-0.1, -0.05) is 23.8 Å². The van der Waals surface area contributed by atoms with Crippen molar-refractivity contribution in [2.45, 2.75) is 20.4 Å². The van der Waals surface area contributed by atoms with Crippen LogP contribution in [0.1, 0.15) is 18.1 Å². The Hall–Kier alpha value is -1.96. The van der Waals surface area contributed by atoms with Gasteiger partial charge in [0.15, 0.2) is 17.5 Å². The molecule has 0 spiro atoms. The monoisotopic (exact) mass is 427 g/mol. The molecule has 0 bridgehead atoms. The molecule has 23 heavy (non-hydrogen) atoms. The molecule has 6 heteroatoms. The Labute approximate surface area is 153 Å². The van der Waals surface area contributed by atoms with E-state index in [1.165, 1.54) is 5.56 Å². The van der Waals surface area contributed by atoms with Gasteiger partial charge in [0.25, 0.3) is 0 Å². The molecule has 2 aromatic carbocycles. The van der Waals surface area contributed by atoms with Crippen molar-refractivity contribution in [1.82, 2.24) is 0 Å². The van der Waals surface area contributed by atoms with Crippen LogP contribution in [0.4, 0.5) is 5.69 Å². The first-order valence-electron chi connectivity index (χ1n) is 7.16. The molecular weight excluding hydrogens is 405 g/mol. The van der Waals surface area contributed by atoms with E-state index in [9.17, 15) is 5.11 Å². The largest absolute Gasteiger partial charge is 0.504 e. The molecule has 0 radical (unpaired) electrons. The Morgan fingerprint density at radius 2 is 1.91 bits per heavy atom. The summed E-state index contributed by atoms with van der Waals surface area (Å²) in [4.78, 5) is 4.29. The van der Waals surface area contributed by atoms with Gasteiger partial charge in [-0.15, -0.1) is 24.0 Å². The van der Waals surface area contributed by atoms with Gasteiger partial charge >= 0.3 is 0 Å². The number of hydrogen-bond acceptors (Lipinski definition) is 3. The maximum absolute atomic E-state index is 9.66. The van der Waals surface area contributed by atoms with Crippen LogP contribution in [0.5, 0.6) is 11.5 Å². The first-order chi connectivity index (χ1) is 10.6. The number of nitrogens with zero attached hydrogens (tertiary/aromatic N) is 1. The Morgan fingerprint density at radius 3 is 2.57 bits per heavy atom. The fourth-order valence-corrected chi connectivity index (χ4v) is 1.93. The maximum atomic E-state index is 9.66. The molecule has 0 heterocycles. The van der Waals surface area contributed by atoms with Gasteiger partial charge in [0.2, 0.25) is 0 Å². The Kier molecular flexibility index (Phi) is 7.67. The van der Waals surface area contributed by atoms with Gasteiger partial charge in [0, 0.05) is 5.69 Å². The average molecular weight is 427 g/mol. The molecule has 0 atom stereocenters. The molecule has 0 saturated carbocycles. The highest BCUT2D eigenvalue weighted by Crippen LogP contribution is 2.27. The zero-order chi connectivity index (χ0) is 15.9. The van der Waals surface area contributed by atoms with E-state index >= 15 is 0 Å². The lowest BCUT2D eigenvalue weighted by Crippen LogP contribution is -2.22. The SMILES string of the molecule is CCOc1cc(CN=C(N)Nc2ccc(C)cc2)ccc1O.I. The molecule has 0 aromatic heterocycles. The minimum atomic E-state index is 0. The number of aryl methyl sites for hydroxylation is 1. The topological polar surface area (TPSA) is 79.9 Å². The molecule has 2 rings (SSSR count). The third kappa shape index (κ3) is 5.97. The summed E-state index contributed by atoms with van der Waals surface area (Å²) in [6, 6.07) is 13.1. The maximum Gasteiger partial charge on any atom is 0.193 e. The first-order valence-corrected chi connectivity index (χ1v) is 7.16. The number of anilines is 1. The van der Waals surface area contributed by atoms with Crippen molar-refractivity contribution in [2.75, 3.05) is 11.9 Å². The molecule has 0 aliphatic heterocycles. The lowest BCUT2D eigenvalue weighted by Gasteiger charge is -2.08. The highest BCUT2D eigenvalue weighted by molar-refractivity contribution is 14.0. The molecule has 0 aliphatic carbocycles. The van der Waals surface area contributed by atoms with Crippen molar-refractivity contribution >= 4 is 35.6 Å². The van der Waals surface area contributed by atoms with Gasteiger partial charge in [0.1, 0.15) is 0 Å². The summed E-state index contributed by atoms with van der Waals surface area (Å²) in [5.74, 6) is 0.926. The number of halogens is 1. The second kappa shape index (κ2) is 9.24. The number of rotatable bonds is 5. The van der Waals surface area contributed by atoms with Crippen LogP contribution >= 0.6 is 24.0 Å². The second-order valence-corrected chi connectivity index (χ2v) is 4.93. The summed E-state index contributed by atoms with van der Waals surface area (Å²) in [7, 11) is 0. The van der Waals surface area contributed by atoms with Crippen molar-refractivity contribution in [1.29, 1.82) is 0 Å². The molecule has 5 nitrogen and oxygen atoms in total. The van der Waals surface area contributed by atoms with Crippen molar-refractivity contribution < 1.29 is 9.84 Å². The smallest absolute Gasteiger partial charge is 0.193 e. The van der Waals surface area contributed by atoms with Gasteiger partial charge in [-0.05, 0) is 43.7 Å². The lowest BCUT2D eigenvalue weighted by atomic mass is 10.2. The predicted molar refractivity (Wildman–Crippen MR) is 105 cm³/mol. The molecule has 0 fully saturated rings. The van der Waals surface area contributed by atoms with Gasteiger partial charge in [-0.25, -0.2) is 4.99 Å². The van der Waals surface area contributed by atoms with Crippen LogP contribution in [0.25, 0.3) is 0 Å². The molecule has 0 unspecified atom stereocenters. The fraction of sp³-hybridized carbons (Fsp3) is 0.235. The van der Waals surface area contributed by atoms with Crippen LogP contribution in [0, 0.1) is 6.92 Å². The summed E-state index contributed by atoms with van der Waals surface area (Å²) in [6.45, 7) is 4.80. The van der Waals surface area contributed by atoms with E-state index in [0.717, 1.165) is 11.3 Å².